The number of nitrogens with one attached hydrogen (secondary N) is 1. The van der Waals surface area contributed by atoms with Crippen molar-refractivity contribution >= 4 is 11.8 Å². The molecule has 4 nitrogen and oxygen atoms in total. The van der Waals surface area contributed by atoms with Gasteiger partial charge in [0.2, 0.25) is 11.8 Å². The first-order valence-electron chi connectivity index (χ1n) is 4.72. The summed E-state index contributed by atoms with van der Waals surface area (Å²) in [4.78, 5) is 22.6. The summed E-state index contributed by atoms with van der Waals surface area (Å²) in [5.41, 5.74) is 4.94. The quantitative estimate of drug-likeness (QED) is 0.697. The number of carbonyl (C=O) groups is 2. The summed E-state index contributed by atoms with van der Waals surface area (Å²) in [5.74, 6) is -1.41. The Kier molecular flexibility index (Phi) is 4.10. The molecule has 4 heteroatoms. The lowest BCUT2D eigenvalue weighted by Gasteiger charge is -2.32. The molecule has 0 fully saturated rings. The van der Waals surface area contributed by atoms with E-state index in [0.29, 0.717) is 0 Å². The van der Waals surface area contributed by atoms with Gasteiger partial charge in [-0.2, -0.15) is 0 Å². The van der Waals surface area contributed by atoms with Gasteiger partial charge in [-0.3, -0.25) is 9.59 Å². The largest absolute Gasteiger partial charge is 0.369 e. The summed E-state index contributed by atoms with van der Waals surface area (Å²) in [6.07, 6.45) is 0. The van der Waals surface area contributed by atoms with E-state index < -0.39 is 11.8 Å². The Hall–Kier alpha value is -1.06. The molecule has 0 rings (SSSR count). The van der Waals surface area contributed by atoms with E-state index in [2.05, 4.69) is 5.32 Å². The number of amides is 2. The maximum Gasteiger partial charge on any atom is 0.224 e. The highest BCUT2D eigenvalue weighted by Crippen LogP contribution is 2.32. The molecule has 2 amide bonds. The minimum absolute atomic E-state index is 0.135. The second-order valence-electron chi connectivity index (χ2n) is 4.65. The number of rotatable bonds is 3. The Morgan fingerprint density at radius 2 is 1.71 bits per heavy atom. The molecule has 0 aliphatic heterocycles. The fourth-order valence-corrected chi connectivity index (χ4v) is 1.69. The fourth-order valence-electron chi connectivity index (χ4n) is 1.69. The number of carbonyl (C=O) groups excluding carboxylic acids is 2. The van der Waals surface area contributed by atoms with Gasteiger partial charge in [-0.05, 0) is 5.41 Å². The maximum absolute atomic E-state index is 11.6. The molecule has 82 valence electrons. The average molecular weight is 200 g/mol. The zero-order valence-corrected chi connectivity index (χ0v) is 9.55. The van der Waals surface area contributed by atoms with Crippen LogP contribution in [0.1, 0.15) is 27.7 Å². The topological polar surface area (TPSA) is 72.2 Å². The molecule has 0 heterocycles. The SMILES string of the molecule is CNC(=O)C(C(C)C(N)=O)C(C)(C)C. The lowest BCUT2D eigenvalue weighted by atomic mass is 9.73. The van der Waals surface area contributed by atoms with Crippen LogP contribution in [-0.4, -0.2) is 18.9 Å². The third kappa shape index (κ3) is 3.01. The second kappa shape index (κ2) is 4.44. The molecule has 0 bridgehead atoms. The monoisotopic (exact) mass is 200 g/mol. The normalized spacial score (nSPS) is 15.8. The van der Waals surface area contributed by atoms with Crippen molar-refractivity contribution in [2.24, 2.45) is 23.0 Å². The molecule has 0 saturated carbocycles. The van der Waals surface area contributed by atoms with Crippen LogP contribution >= 0.6 is 0 Å². The zero-order chi connectivity index (χ0) is 11.5. The van der Waals surface area contributed by atoms with Gasteiger partial charge in [-0.15, -0.1) is 0 Å². The van der Waals surface area contributed by atoms with Gasteiger partial charge in [0.1, 0.15) is 0 Å². The molecule has 2 atom stereocenters. The number of hydrogen-bond donors (Lipinski definition) is 2. The van der Waals surface area contributed by atoms with E-state index in [1.165, 1.54) is 0 Å². The molecular weight excluding hydrogens is 180 g/mol. The van der Waals surface area contributed by atoms with Gasteiger partial charge in [-0.1, -0.05) is 27.7 Å². The third-order valence-electron chi connectivity index (χ3n) is 2.41. The Morgan fingerprint density at radius 3 is 1.93 bits per heavy atom. The van der Waals surface area contributed by atoms with Crippen molar-refractivity contribution < 1.29 is 9.59 Å². The van der Waals surface area contributed by atoms with Crippen LogP contribution in [0.15, 0.2) is 0 Å². The van der Waals surface area contributed by atoms with E-state index in [-0.39, 0.29) is 17.2 Å². The summed E-state index contributed by atoms with van der Waals surface area (Å²) in [7, 11) is 1.56. The Balaban J connectivity index is 4.92. The summed E-state index contributed by atoms with van der Waals surface area (Å²) in [6, 6.07) is 0. The van der Waals surface area contributed by atoms with E-state index in [9.17, 15) is 9.59 Å². The number of hydrogen-bond acceptors (Lipinski definition) is 2. The molecule has 0 aromatic heterocycles. The lowest BCUT2D eigenvalue weighted by molar-refractivity contribution is -0.136. The highest BCUT2D eigenvalue weighted by atomic mass is 16.2. The predicted molar refractivity (Wildman–Crippen MR) is 55.4 cm³/mol. The van der Waals surface area contributed by atoms with Gasteiger partial charge >= 0.3 is 0 Å². The summed E-state index contributed by atoms with van der Waals surface area (Å²) in [5, 5.41) is 2.56. The average Bonchev–Trinajstić information content (AvgIpc) is 2.01. The molecule has 0 aliphatic carbocycles. The summed E-state index contributed by atoms with van der Waals surface area (Å²) >= 11 is 0. The van der Waals surface area contributed by atoms with E-state index in [0.717, 1.165) is 0 Å². The maximum atomic E-state index is 11.6. The van der Waals surface area contributed by atoms with Crippen LogP contribution in [0.2, 0.25) is 0 Å². The van der Waals surface area contributed by atoms with E-state index in [1.54, 1.807) is 14.0 Å². The first kappa shape index (κ1) is 12.9. The minimum atomic E-state index is -0.449. The van der Waals surface area contributed by atoms with Crippen molar-refractivity contribution in [2.45, 2.75) is 27.7 Å². The standard InChI is InChI=1S/C10H20N2O2/c1-6(8(11)13)7(9(14)12-5)10(2,3)4/h6-7H,1-5H3,(H2,11,13)(H,12,14). The lowest BCUT2D eigenvalue weighted by Crippen LogP contribution is -2.44. The Morgan fingerprint density at radius 1 is 1.29 bits per heavy atom. The molecule has 0 radical (unpaired) electrons. The smallest absolute Gasteiger partial charge is 0.224 e. The highest BCUT2D eigenvalue weighted by Gasteiger charge is 2.37. The number of nitrogens with two attached hydrogens (primary N) is 1. The Bertz CT molecular complexity index is 231. The number of primary amides is 1. The van der Waals surface area contributed by atoms with Crippen molar-refractivity contribution in [1.82, 2.24) is 5.32 Å². The third-order valence-corrected chi connectivity index (χ3v) is 2.41. The molecule has 0 aromatic carbocycles. The van der Waals surface area contributed by atoms with E-state index in [1.807, 2.05) is 20.8 Å². The van der Waals surface area contributed by atoms with Crippen molar-refractivity contribution in [3.8, 4) is 0 Å². The van der Waals surface area contributed by atoms with Crippen molar-refractivity contribution in [3.05, 3.63) is 0 Å². The molecular formula is C10H20N2O2. The molecule has 0 aliphatic rings. The first-order valence-corrected chi connectivity index (χ1v) is 4.72. The predicted octanol–water partition coefficient (Wildman–Crippen LogP) is 0.516. The van der Waals surface area contributed by atoms with Gasteiger partial charge < -0.3 is 11.1 Å². The fraction of sp³-hybridized carbons (Fsp3) is 0.800. The summed E-state index contributed by atoms with van der Waals surface area (Å²) < 4.78 is 0. The van der Waals surface area contributed by atoms with Gasteiger partial charge in [0.15, 0.2) is 0 Å². The molecule has 3 N–H and O–H groups in total. The van der Waals surface area contributed by atoms with Crippen molar-refractivity contribution in [1.29, 1.82) is 0 Å². The van der Waals surface area contributed by atoms with Crippen LogP contribution in [0.3, 0.4) is 0 Å². The van der Waals surface area contributed by atoms with Crippen LogP contribution in [0.25, 0.3) is 0 Å². The van der Waals surface area contributed by atoms with Gasteiger partial charge in [-0.25, -0.2) is 0 Å². The molecule has 0 spiro atoms. The van der Waals surface area contributed by atoms with Crippen LogP contribution in [0.5, 0.6) is 0 Å². The highest BCUT2D eigenvalue weighted by molar-refractivity contribution is 5.87. The van der Waals surface area contributed by atoms with E-state index >= 15 is 0 Å². The van der Waals surface area contributed by atoms with Crippen LogP contribution in [-0.2, 0) is 9.59 Å². The molecule has 2 unspecified atom stereocenters. The Labute approximate surface area is 85.2 Å². The van der Waals surface area contributed by atoms with Gasteiger partial charge in [0.25, 0.3) is 0 Å². The van der Waals surface area contributed by atoms with Crippen molar-refractivity contribution in [2.75, 3.05) is 7.05 Å². The molecule has 0 aromatic rings. The zero-order valence-electron chi connectivity index (χ0n) is 9.55. The summed E-state index contributed by atoms with van der Waals surface area (Å²) in [6.45, 7) is 7.46. The van der Waals surface area contributed by atoms with Crippen LogP contribution in [0.4, 0.5) is 0 Å². The van der Waals surface area contributed by atoms with Crippen LogP contribution < -0.4 is 11.1 Å². The molecule has 14 heavy (non-hydrogen) atoms. The first-order chi connectivity index (χ1) is 6.21. The van der Waals surface area contributed by atoms with Crippen LogP contribution in [0, 0.1) is 17.3 Å². The van der Waals surface area contributed by atoms with Gasteiger partial charge in [0.05, 0.1) is 5.92 Å². The van der Waals surface area contributed by atoms with Crippen molar-refractivity contribution in [3.63, 3.8) is 0 Å². The van der Waals surface area contributed by atoms with Gasteiger partial charge in [0, 0.05) is 13.0 Å². The molecule has 0 saturated heterocycles. The minimum Gasteiger partial charge on any atom is -0.369 e. The van der Waals surface area contributed by atoms with E-state index in [4.69, 9.17) is 5.73 Å². The second-order valence-corrected chi connectivity index (χ2v) is 4.65.